The summed E-state index contributed by atoms with van der Waals surface area (Å²) in [6.07, 6.45) is 1.63. The van der Waals surface area contributed by atoms with Gasteiger partial charge in [-0.1, -0.05) is 6.07 Å². The maximum atomic E-state index is 11.9. The molecule has 1 aliphatic carbocycles. The van der Waals surface area contributed by atoms with E-state index in [0.717, 1.165) is 12.8 Å². The van der Waals surface area contributed by atoms with E-state index in [2.05, 4.69) is 10.6 Å². The van der Waals surface area contributed by atoms with Gasteiger partial charge in [-0.2, -0.15) is 0 Å². The highest BCUT2D eigenvalue weighted by Crippen LogP contribution is 2.32. The first-order chi connectivity index (χ1) is 9.49. The van der Waals surface area contributed by atoms with E-state index in [1.165, 1.54) is 18.3 Å². The SMILES string of the molecule is CC(NC(=O)c1cccs1)C(=O)NC(C(=O)O)C1CC1. The van der Waals surface area contributed by atoms with Crippen LogP contribution in [0.3, 0.4) is 0 Å². The van der Waals surface area contributed by atoms with E-state index in [4.69, 9.17) is 5.11 Å². The van der Waals surface area contributed by atoms with Crippen LogP contribution in [0.25, 0.3) is 0 Å². The molecular weight excluding hydrogens is 280 g/mol. The molecule has 7 heteroatoms. The summed E-state index contributed by atoms with van der Waals surface area (Å²) in [4.78, 5) is 35.3. The first-order valence-corrected chi connectivity index (χ1v) is 7.24. The highest BCUT2D eigenvalue weighted by atomic mass is 32.1. The fraction of sp³-hybridized carbons (Fsp3) is 0.462. The summed E-state index contributed by atoms with van der Waals surface area (Å²) >= 11 is 1.28. The predicted molar refractivity (Wildman–Crippen MR) is 73.5 cm³/mol. The van der Waals surface area contributed by atoms with Crippen molar-refractivity contribution >= 4 is 29.1 Å². The van der Waals surface area contributed by atoms with Crippen molar-refractivity contribution in [1.29, 1.82) is 0 Å². The topological polar surface area (TPSA) is 95.5 Å². The summed E-state index contributed by atoms with van der Waals surface area (Å²) in [7, 11) is 0. The Balaban J connectivity index is 1.88. The molecule has 1 fully saturated rings. The molecule has 1 saturated carbocycles. The third-order valence-electron chi connectivity index (χ3n) is 3.14. The van der Waals surface area contributed by atoms with Gasteiger partial charge in [0.25, 0.3) is 5.91 Å². The van der Waals surface area contributed by atoms with Crippen molar-refractivity contribution in [3.63, 3.8) is 0 Å². The van der Waals surface area contributed by atoms with Gasteiger partial charge in [0.05, 0.1) is 4.88 Å². The van der Waals surface area contributed by atoms with Crippen LogP contribution in [0.15, 0.2) is 17.5 Å². The van der Waals surface area contributed by atoms with Gasteiger partial charge in [0.1, 0.15) is 12.1 Å². The van der Waals surface area contributed by atoms with Gasteiger partial charge in [0, 0.05) is 0 Å². The number of thiophene rings is 1. The molecule has 0 saturated heterocycles. The third kappa shape index (κ3) is 3.57. The Kier molecular flexibility index (Phi) is 4.39. The summed E-state index contributed by atoms with van der Waals surface area (Å²) in [5.74, 6) is -1.83. The fourth-order valence-electron chi connectivity index (χ4n) is 1.83. The van der Waals surface area contributed by atoms with Crippen molar-refractivity contribution in [2.45, 2.75) is 31.8 Å². The molecule has 2 atom stereocenters. The number of amides is 2. The van der Waals surface area contributed by atoms with Gasteiger partial charge >= 0.3 is 5.97 Å². The molecular formula is C13H16N2O4S. The smallest absolute Gasteiger partial charge is 0.326 e. The molecule has 0 aliphatic heterocycles. The first-order valence-electron chi connectivity index (χ1n) is 6.36. The minimum atomic E-state index is -1.03. The Labute approximate surface area is 120 Å². The standard InChI is InChI=1S/C13H16N2O4S/c1-7(14-12(17)9-3-2-6-20-9)11(16)15-10(13(18)19)8-4-5-8/h2-3,6-8,10H,4-5H2,1H3,(H,14,17)(H,15,16)(H,18,19). The lowest BCUT2D eigenvalue weighted by atomic mass is 10.1. The van der Waals surface area contributed by atoms with Gasteiger partial charge in [-0.25, -0.2) is 4.79 Å². The molecule has 3 N–H and O–H groups in total. The van der Waals surface area contributed by atoms with E-state index in [0.29, 0.717) is 4.88 Å². The minimum absolute atomic E-state index is 0.0108. The fourth-order valence-corrected chi connectivity index (χ4v) is 2.46. The predicted octanol–water partition coefficient (Wildman–Crippen LogP) is 0.846. The highest BCUT2D eigenvalue weighted by Gasteiger charge is 2.38. The quantitative estimate of drug-likeness (QED) is 0.725. The molecule has 1 aliphatic rings. The molecule has 2 rings (SSSR count). The lowest BCUT2D eigenvalue weighted by molar-refractivity contribution is -0.142. The molecule has 6 nitrogen and oxygen atoms in total. The van der Waals surface area contributed by atoms with Crippen LogP contribution in [-0.2, 0) is 9.59 Å². The summed E-state index contributed by atoms with van der Waals surface area (Å²) < 4.78 is 0. The zero-order valence-corrected chi connectivity index (χ0v) is 11.8. The van der Waals surface area contributed by atoms with Gasteiger partial charge in [-0.05, 0) is 37.1 Å². The molecule has 0 aromatic carbocycles. The maximum Gasteiger partial charge on any atom is 0.326 e. The van der Waals surface area contributed by atoms with Gasteiger partial charge in [0.15, 0.2) is 0 Å². The average molecular weight is 296 g/mol. The van der Waals surface area contributed by atoms with Gasteiger partial charge in [-0.15, -0.1) is 11.3 Å². The van der Waals surface area contributed by atoms with Crippen LogP contribution in [0.1, 0.15) is 29.4 Å². The Morgan fingerprint density at radius 2 is 2.05 bits per heavy atom. The molecule has 0 spiro atoms. The summed E-state index contributed by atoms with van der Waals surface area (Å²) in [5, 5.41) is 15.8. The second kappa shape index (κ2) is 6.04. The normalized spacial score (nSPS) is 17.1. The van der Waals surface area contributed by atoms with Crippen LogP contribution >= 0.6 is 11.3 Å². The van der Waals surface area contributed by atoms with E-state index < -0.39 is 24.0 Å². The first kappa shape index (κ1) is 14.5. The lowest BCUT2D eigenvalue weighted by Gasteiger charge is -2.18. The molecule has 0 bridgehead atoms. The second-order valence-electron chi connectivity index (χ2n) is 4.83. The molecule has 1 aromatic rings. The Morgan fingerprint density at radius 1 is 1.35 bits per heavy atom. The number of hydrogen-bond acceptors (Lipinski definition) is 4. The van der Waals surface area contributed by atoms with Crippen molar-refractivity contribution in [1.82, 2.24) is 10.6 Å². The molecule has 108 valence electrons. The zero-order valence-electron chi connectivity index (χ0n) is 11.0. The number of nitrogens with one attached hydrogen (secondary N) is 2. The summed E-state index contributed by atoms with van der Waals surface area (Å²) in [5.41, 5.74) is 0. The van der Waals surface area contributed by atoms with Crippen molar-refractivity contribution in [3.05, 3.63) is 22.4 Å². The van der Waals surface area contributed by atoms with Crippen molar-refractivity contribution < 1.29 is 19.5 Å². The third-order valence-corrected chi connectivity index (χ3v) is 4.01. The van der Waals surface area contributed by atoms with Crippen LogP contribution in [0.2, 0.25) is 0 Å². The van der Waals surface area contributed by atoms with Crippen molar-refractivity contribution in [2.75, 3.05) is 0 Å². The van der Waals surface area contributed by atoms with E-state index in [1.807, 2.05) is 0 Å². The molecule has 0 radical (unpaired) electrons. The van der Waals surface area contributed by atoms with Gasteiger partial charge < -0.3 is 15.7 Å². The Bertz CT molecular complexity index is 510. The number of carbonyl (C=O) groups excluding carboxylic acids is 2. The summed E-state index contributed by atoms with van der Waals surface area (Å²) in [6.45, 7) is 1.53. The number of rotatable bonds is 6. The monoisotopic (exact) mass is 296 g/mol. The van der Waals surface area contributed by atoms with Crippen LogP contribution in [-0.4, -0.2) is 35.0 Å². The van der Waals surface area contributed by atoms with E-state index >= 15 is 0 Å². The van der Waals surface area contributed by atoms with E-state index in [9.17, 15) is 14.4 Å². The van der Waals surface area contributed by atoms with Crippen LogP contribution in [0.5, 0.6) is 0 Å². The Hall–Kier alpha value is -1.89. The van der Waals surface area contributed by atoms with E-state index in [-0.39, 0.29) is 11.8 Å². The molecule has 2 unspecified atom stereocenters. The van der Waals surface area contributed by atoms with Crippen LogP contribution in [0.4, 0.5) is 0 Å². The zero-order chi connectivity index (χ0) is 14.7. The van der Waals surface area contributed by atoms with Crippen LogP contribution in [0, 0.1) is 5.92 Å². The number of carbonyl (C=O) groups is 3. The Morgan fingerprint density at radius 3 is 2.55 bits per heavy atom. The van der Waals surface area contributed by atoms with Crippen molar-refractivity contribution in [3.8, 4) is 0 Å². The van der Waals surface area contributed by atoms with Gasteiger partial charge in [0.2, 0.25) is 5.91 Å². The maximum absolute atomic E-state index is 11.9. The lowest BCUT2D eigenvalue weighted by Crippen LogP contribution is -2.51. The molecule has 2 amide bonds. The highest BCUT2D eigenvalue weighted by molar-refractivity contribution is 7.12. The largest absolute Gasteiger partial charge is 0.480 e. The second-order valence-corrected chi connectivity index (χ2v) is 5.78. The van der Waals surface area contributed by atoms with Crippen molar-refractivity contribution in [2.24, 2.45) is 5.92 Å². The minimum Gasteiger partial charge on any atom is -0.480 e. The number of hydrogen-bond donors (Lipinski definition) is 3. The summed E-state index contributed by atoms with van der Waals surface area (Å²) in [6, 6.07) is 1.78. The molecule has 1 heterocycles. The molecule has 1 aromatic heterocycles. The van der Waals surface area contributed by atoms with Crippen LogP contribution < -0.4 is 10.6 Å². The molecule has 20 heavy (non-hydrogen) atoms. The average Bonchev–Trinajstić information content (AvgIpc) is 3.07. The number of aliphatic carboxylic acids is 1. The van der Waals surface area contributed by atoms with E-state index in [1.54, 1.807) is 17.5 Å². The number of carboxylic acid groups (broad SMARTS) is 1. The van der Waals surface area contributed by atoms with Gasteiger partial charge in [-0.3, -0.25) is 9.59 Å². The number of carboxylic acids is 1.